The van der Waals surface area contributed by atoms with E-state index in [2.05, 4.69) is 35.5 Å². The van der Waals surface area contributed by atoms with Crippen LogP contribution in [0, 0.1) is 0 Å². The van der Waals surface area contributed by atoms with Crippen LogP contribution in [0.25, 0.3) is 0 Å². The van der Waals surface area contributed by atoms with Gasteiger partial charge in [0.1, 0.15) is 5.27 Å². The Hall–Kier alpha value is -1.34. The lowest BCUT2D eigenvalue weighted by Gasteiger charge is -2.32. The molecule has 1 aromatic heterocycles. The third-order valence-corrected chi connectivity index (χ3v) is 3.19. The van der Waals surface area contributed by atoms with Gasteiger partial charge < -0.3 is 14.4 Å². The highest BCUT2D eigenvalue weighted by molar-refractivity contribution is 4.91. The highest BCUT2D eigenvalue weighted by Gasteiger charge is 2.30. The molecule has 0 atom stereocenters. The molecule has 1 aromatic rings. The molecular weight excluding hydrogens is 248 g/mol. The molecule has 19 heavy (non-hydrogen) atoms. The van der Waals surface area contributed by atoms with E-state index in [9.17, 15) is 5.11 Å². The van der Waals surface area contributed by atoms with Gasteiger partial charge in [-0.15, -0.1) is 5.01 Å². The zero-order valence-corrected chi connectivity index (χ0v) is 11.8. The Morgan fingerprint density at radius 3 is 2.63 bits per heavy atom. The van der Waals surface area contributed by atoms with Gasteiger partial charge in [0.2, 0.25) is 0 Å². The van der Waals surface area contributed by atoms with E-state index < -0.39 is 5.95 Å². The molecule has 108 valence electrons. The standard InChI is InChI=1S/C12H22N4O3/c1-12(2,3)15(16-10-11(17)19-13-16)5-4-14-6-8-18-9-7-14/h10H,4-9H2,1-3H3. The monoisotopic (exact) mass is 270 g/mol. The van der Waals surface area contributed by atoms with Gasteiger partial charge in [0.15, 0.2) is 5.95 Å². The van der Waals surface area contributed by atoms with Crippen molar-refractivity contribution in [2.45, 2.75) is 26.3 Å². The van der Waals surface area contributed by atoms with Crippen LogP contribution in [0.3, 0.4) is 0 Å². The lowest BCUT2D eigenvalue weighted by molar-refractivity contribution is -0.765. The van der Waals surface area contributed by atoms with Gasteiger partial charge >= 0.3 is 0 Å². The van der Waals surface area contributed by atoms with Crippen molar-refractivity contribution < 1.29 is 19.2 Å². The molecule has 1 saturated heterocycles. The summed E-state index contributed by atoms with van der Waals surface area (Å²) in [7, 11) is 0. The van der Waals surface area contributed by atoms with Crippen LogP contribution in [0.5, 0.6) is 5.95 Å². The minimum atomic E-state index is -0.430. The third-order valence-electron chi connectivity index (χ3n) is 3.19. The highest BCUT2D eigenvalue weighted by Crippen LogP contribution is 2.09. The number of hydrogen-bond acceptors (Lipinski definition) is 6. The van der Waals surface area contributed by atoms with Crippen molar-refractivity contribution in [2.24, 2.45) is 0 Å². The van der Waals surface area contributed by atoms with Crippen molar-refractivity contribution in [3.8, 4) is 5.95 Å². The van der Waals surface area contributed by atoms with Gasteiger partial charge in [0.05, 0.1) is 25.3 Å². The van der Waals surface area contributed by atoms with Gasteiger partial charge in [0, 0.05) is 24.4 Å². The molecular formula is C12H22N4O3. The van der Waals surface area contributed by atoms with Crippen LogP contribution in [0.2, 0.25) is 0 Å². The first-order chi connectivity index (χ1) is 8.97. The van der Waals surface area contributed by atoms with Crippen molar-refractivity contribution in [3.63, 3.8) is 0 Å². The van der Waals surface area contributed by atoms with Crippen LogP contribution in [-0.4, -0.2) is 55.1 Å². The highest BCUT2D eigenvalue weighted by atomic mass is 16.6. The lowest BCUT2D eigenvalue weighted by Crippen LogP contribution is -2.68. The summed E-state index contributed by atoms with van der Waals surface area (Å²) >= 11 is 0. The molecule has 7 nitrogen and oxygen atoms in total. The summed E-state index contributed by atoms with van der Waals surface area (Å²) in [6.45, 7) is 11.4. The Morgan fingerprint density at radius 1 is 1.42 bits per heavy atom. The lowest BCUT2D eigenvalue weighted by atomic mass is 10.1. The van der Waals surface area contributed by atoms with E-state index in [0.717, 1.165) is 39.4 Å². The van der Waals surface area contributed by atoms with E-state index in [1.807, 2.05) is 5.01 Å². The Balaban J connectivity index is 1.98. The molecule has 7 heteroatoms. The van der Waals surface area contributed by atoms with Gasteiger partial charge in [-0.05, 0) is 20.8 Å². The number of hydrogen-bond donors (Lipinski definition) is 0. The van der Waals surface area contributed by atoms with Crippen LogP contribution in [0.15, 0.2) is 10.7 Å². The summed E-state index contributed by atoms with van der Waals surface area (Å²) in [5, 5.41) is 16.9. The zero-order chi connectivity index (χ0) is 13.9. The van der Waals surface area contributed by atoms with Crippen molar-refractivity contribution in [3.05, 3.63) is 6.20 Å². The fraction of sp³-hybridized carbons (Fsp3) is 0.833. The Labute approximate surface area is 113 Å². The normalized spacial score (nSPS) is 17.6. The van der Waals surface area contributed by atoms with E-state index in [1.54, 1.807) is 0 Å². The summed E-state index contributed by atoms with van der Waals surface area (Å²) in [5.74, 6) is -0.430. The first-order valence-electron chi connectivity index (χ1n) is 6.60. The smallest absolute Gasteiger partial charge is 0.255 e. The van der Waals surface area contributed by atoms with E-state index in [-0.39, 0.29) is 5.54 Å². The molecule has 0 amide bonds. The zero-order valence-electron chi connectivity index (χ0n) is 11.8. The topological polar surface area (TPSA) is 68.7 Å². The van der Waals surface area contributed by atoms with Crippen LogP contribution in [0.4, 0.5) is 0 Å². The summed E-state index contributed by atoms with van der Waals surface area (Å²) in [5.41, 5.74) is -0.139. The molecule has 0 radical (unpaired) electrons. The van der Waals surface area contributed by atoms with E-state index in [0.29, 0.717) is 0 Å². The van der Waals surface area contributed by atoms with Gasteiger partial charge in [-0.25, -0.2) is 0 Å². The molecule has 0 unspecified atom stereocenters. The minimum Gasteiger partial charge on any atom is -0.539 e. The number of rotatable bonds is 4. The third kappa shape index (κ3) is 3.81. The van der Waals surface area contributed by atoms with E-state index in [1.165, 1.54) is 11.0 Å². The molecule has 2 rings (SSSR count). The second-order valence-electron chi connectivity index (χ2n) is 5.69. The maximum absolute atomic E-state index is 11.1. The summed E-state index contributed by atoms with van der Waals surface area (Å²) in [6, 6.07) is 0. The molecule has 1 aliphatic heterocycles. The first-order valence-corrected chi connectivity index (χ1v) is 6.60. The number of aromatic nitrogens is 2. The quantitative estimate of drug-likeness (QED) is 0.661. The molecule has 0 bridgehead atoms. The van der Waals surface area contributed by atoms with Gasteiger partial charge in [0.25, 0.3) is 6.20 Å². The maximum Gasteiger partial charge on any atom is 0.255 e. The Morgan fingerprint density at radius 2 is 2.11 bits per heavy atom. The van der Waals surface area contributed by atoms with E-state index in [4.69, 9.17) is 4.74 Å². The fourth-order valence-corrected chi connectivity index (χ4v) is 2.14. The molecule has 2 heterocycles. The van der Waals surface area contributed by atoms with Crippen molar-refractivity contribution in [1.29, 1.82) is 0 Å². The molecule has 1 aliphatic rings. The number of ether oxygens (including phenoxy) is 1. The van der Waals surface area contributed by atoms with Crippen LogP contribution < -0.4 is 14.9 Å². The second kappa shape index (κ2) is 5.75. The molecule has 0 saturated carbocycles. The van der Waals surface area contributed by atoms with Gasteiger partial charge in [-0.2, -0.15) is 0 Å². The second-order valence-corrected chi connectivity index (χ2v) is 5.69. The molecule has 0 N–H and O–H groups in total. The minimum absolute atomic E-state index is 0.139. The van der Waals surface area contributed by atoms with Gasteiger partial charge in [-0.1, -0.05) is 0 Å². The van der Waals surface area contributed by atoms with Crippen molar-refractivity contribution in [1.82, 2.24) is 10.2 Å². The van der Waals surface area contributed by atoms with Crippen LogP contribution in [-0.2, 0) is 4.74 Å². The predicted octanol–water partition coefficient (Wildman–Crippen LogP) is -0.896. The van der Waals surface area contributed by atoms with Crippen LogP contribution >= 0.6 is 0 Å². The molecule has 0 aliphatic carbocycles. The molecule has 1 fully saturated rings. The average molecular weight is 270 g/mol. The molecule has 0 aromatic carbocycles. The SMILES string of the molecule is CC(C)(C)N(CCN1CCOCC1)[n+]1cc([O-])on1. The number of nitrogens with zero attached hydrogens (tertiary/aromatic N) is 4. The number of morpholine rings is 1. The maximum atomic E-state index is 11.1. The largest absolute Gasteiger partial charge is 0.539 e. The van der Waals surface area contributed by atoms with E-state index >= 15 is 0 Å². The Kier molecular flexibility index (Phi) is 4.26. The summed E-state index contributed by atoms with van der Waals surface area (Å²) in [6.07, 6.45) is 1.37. The van der Waals surface area contributed by atoms with Gasteiger partial charge in [-0.3, -0.25) is 4.90 Å². The molecule has 0 spiro atoms. The van der Waals surface area contributed by atoms with Crippen LogP contribution in [0.1, 0.15) is 20.8 Å². The predicted molar refractivity (Wildman–Crippen MR) is 66.2 cm³/mol. The average Bonchev–Trinajstić information content (AvgIpc) is 2.75. The van der Waals surface area contributed by atoms with Crippen molar-refractivity contribution in [2.75, 3.05) is 44.4 Å². The summed E-state index contributed by atoms with van der Waals surface area (Å²) < 4.78 is 9.95. The first kappa shape index (κ1) is 14.1. The fourth-order valence-electron chi connectivity index (χ4n) is 2.14. The Bertz CT molecular complexity index is 396. The van der Waals surface area contributed by atoms with Crippen molar-refractivity contribution >= 4 is 0 Å². The summed E-state index contributed by atoms with van der Waals surface area (Å²) in [4.78, 5) is 3.85.